The highest BCUT2D eigenvalue weighted by atomic mass is 15.0. The number of nitriles is 1. The zero-order chi connectivity index (χ0) is 11.2. The Labute approximate surface area is 95.7 Å². The minimum Gasteiger partial charge on any atom is -0.381 e. The second-order valence-corrected chi connectivity index (χ2v) is 4.07. The first-order chi connectivity index (χ1) is 7.88. The van der Waals surface area contributed by atoms with E-state index in [9.17, 15) is 0 Å². The molecule has 1 aliphatic rings. The Morgan fingerprint density at radius 2 is 2.31 bits per heavy atom. The largest absolute Gasteiger partial charge is 0.381 e. The Hall–Kier alpha value is -1.60. The number of hydrogen-bond acceptors (Lipinski definition) is 4. The maximum Gasteiger partial charge on any atom is 0.140 e. The molecular weight excluding hydrogens is 200 g/mol. The van der Waals surface area contributed by atoms with Gasteiger partial charge in [-0.3, -0.25) is 0 Å². The van der Waals surface area contributed by atoms with E-state index in [0.29, 0.717) is 11.7 Å². The van der Waals surface area contributed by atoms with Crippen molar-refractivity contribution >= 4 is 5.69 Å². The van der Waals surface area contributed by atoms with E-state index in [1.54, 1.807) is 12.3 Å². The van der Waals surface area contributed by atoms with Gasteiger partial charge in [0.05, 0.1) is 11.9 Å². The summed E-state index contributed by atoms with van der Waals surface area (Å²) in [4.78, 5) is 4.05. The van der Waals surface area contributed by atoms with Crippen LogP contribution in [0.25, 0.3) is 0 Å². The standard InChI is InChI=1S/C12H16N4/c13-8-11-3-4-12(9-15-11)16-10-2-1-6-14-7-5-10/h3-4,9-10,14,16H,1-2,5-7H2. The average molecular weight is 216 g/mol. The van der Waals surface area contributed by atoms with E-state index < -0.39 is 0 Å². The van der Waals surface area contributed by atoms with Gasteiger partial charge in [0.1, 0.15) is 11.8 Å². The zero-order valence-electron chi connectivity index (χ0n) is 9.24. The molecule has 4 heteroatoms. The summed E-state index contributed by atoms with van der Waals surface area (Å²) in [5.41, 5.74) is 1.47. The van der Waals surface area contributed by atoms with Gasteiger partial charge >= 0.3 is 0 Å². The van der Waals surface area contributed by atoms with Crippen LogP contribution in [0.3, 0.4) is 0 Å². The van der Waals surface area contributed by atoms with E-state index in [4.69, 9.17) is 5.26 Å². The van der Waals surface area contributed by atoms with Crippen molar-refractivity contribution in [2.24, 2.45) is 0 Å². The topological polar surface area (TPSA) is 60.7 Å². The second kappa shape index (κ2) is 5.47. The van der Waals surface area contributed by atoms with Gasteiger partial charge in [0.2, 0.25) is 0 Å². The van der Waals surface area contributed by atoms with Crippen molar-refractivity contribution in [2.75, 3.05) is 18.4 Å². The summed E-state index contributed by atoms with van der Waals surface area (Å²) in [5.74, 6) is 0. The molecule has 0 aliphatic carbocycles. The quantitative estimate of drug-likeness (QED) is 0.786. The van der Waals surface area contributed by atoms with Crippen LogP contribution in [0.1, 0.15) is 25.0 Å². The maximum absolute atomic E-state index is 8.65. The molecule has 16 heavy (non-hydrogen) atoms. The van der Waals surface area contributed by atoms with Crippen molar-refractivity contribution in [3.63, 3.8) is 0 Å². The van der Waals surface area contributed by atoms with Crippen LogP contribution in [0.4, 0.5) is 5.69 Å². The summed E-state index contributed by atoms with van der Waals surface area (Å²) in [5, 5.41) is 15.5. The van der Waals surface area contributed by atoms with Crippen LogP contribution in [0.15, 0.2) is 18.3 Å². The third kappa shape index (κ3) is 2.94. The number of nitrogens with zero attached hydrogens (tertiary/aromatic N) is 2. The fourth-order valence-electron chi connectivity index (χ4n) is 1.94. The highest BCUT2D eigenvalue weighted by molar-refractivity contribution is 5.43. The van der Waals surface area contributed by atoms with E-state index in [1.165, 1.54) is 12.8 Å². The Kier molecular flexibility index (Phi) is 3.73. The van der Waals surface area contributed by atoms with Gasteiger partial charge in [0.15, 0.2) is 0 Å². The fourth-order valence-corrected chi connectivity index (χ4v) is 1.94. The first-order valence-electron chi connectivity index (χ1n) is 5.72. The first-order valence-corrected chi connectivity index (χ1v) is 5.72. The van der Waals surface area contributed by atoms with Gasteiger partial charge in [0, 0.05) is 6.04 Å². The lowest BCUT2D eigenvalue weighted by molar-refractivity contribution is 0.637. The summed E-state index contributed by atoms with van der Waals surface area (Å²) in [6.07, 6.45) is 5.27. The second-order valence-electron chi connectivity index (χ2n) is 4.07. The molecule has 4 nitrogen and oxygen atoms in total. The van der Waals surface area contributed by atoms with Gasteiger partial charge in [-0.1, -0.05) is 0 Å². The number of aromatic nitrogens is 1. The van der Waals surface area contributed by atoms with Crippen molar-refractivity contribution in [3.8, 4) is 6.07 Å². The Balaban J connectivity index is 1.94. The third-order valence-electron chi connectivity index (χ3n) is 2.82. The molecule has 1 unspecified atom stereocenters. The Bertz CT molecular complexity index is 358. The summed E-state index contributed by atoms with van der Waals surface area (Å²) < 4.78 is 0. The van der Waals surface area contributed by atoms with Crippen LogP contribution >= 0.6 is 0 Å². The molecule has 0 amide bonds. The van der Waals surface area contributed by atoms with Crippen LogP contribution in [0, 0.1) is 11.3 Å². The molecule has 2 N–H and O–H groups in total. The highest BCUT2D eigenvalue weighted by Crippen LogP contribution is 2.13. The molecule has 1 aliphatic heterocycles. The molecule has 84 valence electrons. The number of nitrogens with one attached hydrogen (secondary N) is 2. The highest BCUT2D eigenvalue weighted by Gasteiger charge is 2.11. The predicted molar refractivity (Wildman–Crippen MR) is 63.1 cm³/mol. The maximum atomic E-state index is 8.65. The molecule has 1 aromatic heterocycles. The van der Waals surface area contributed by atoms with Crippen LogP contribution in [0.5, 0.6) is 0 Å². The summed E-state index contributed by atoms with van der Waals surface area (Å²) in [6.45, 7) is 2.19. The van der Waals surface area contributed by atoms with Gasteiger partial charge in [-0.25, -0.2) is 4.98 Å². The molecule has 1 fully saturated rings. The Morgan fingerprint density at radius 1 is 1.38 bits per heavy atom. The molecule has 0 saturated carbocycles. The smallest absolute Gasteiger partial charge is 0.140 e. The monoisotopic (exact) mass is 216 g/mol. The third-order valence-corrected chi connectivity index (χ3v) is 2.82. The van der Waals surface area contributed by atoms with E-state index in [2.05, 4.69) is 15.6 Å². The summed E-state index contributed by atoms with van der Waals surface area (Å²) >= 11 is 0. The molecule has 1 aromatic rings. The van der Waals surface area contributed by atoms with Gasteiger partial charge < -0.3 is 10.6 Å². The normalized spacial score (nSPS) is 20.8. The molecule has 0 aromatic carbocycles. The molecule has 0 spiro atoms. The number of rotatable bonds is 2. The van der Waals surface area contributed by atoms with Crippen molar-refractivity contribution in [2.45, 2.75) is 25.3 Å². The number of hydrogen-bond donors (Lipinski definition) is 2. The van der Waals surface area contributed by atoms with E-state index in [1.807, 2.05) is 12.1 Å². The molecule has 1 saturated heterocycles. The number of pyridine rings is 1. The lowest BCUT2D eigenvalue weighted by atomic mass is 10.1. The van der Waals surface area contributed by atoms with Gasteiger partial charge in [-0.2, -0.15) is 5.26 Å². The minimum absolute atomic E-state index is 0.466. The summed E-state index contributed by atoms with van der Waals surface area (Å²) in [7, 11) is 0. The van der Waals surface area contributed by atoms with Crippen molar-refractivity contribution in [3.05, 3.63) is 24.0 Å². The fraction of sp³-hybridized carbons (Fsp3) is 0.500. The molecule has 2 rings (SSSR count). The first kappa shape index (κ1) is 10.9. The van der Waals surface area contributed by atoms with Crippen molar-refractivity contribution in [1.82, 2.24) is 10.3 Å². The molecule has 1 atom stereocenters. The molecule has 2 heterocycles. The van der Waals surface area contributed by atoms with Crippen molar-refractivity contribution < 1.29 is 0 Å². The van der Waals surface area contributed by atoms with E-state index in [0.717, 1.165) is 25.2 Å². The molecule has 0 radical (unpaired) electrons. The lowest BCUT2D eigenvalue weighted by Gasteiger charge is -2.16. The predicted octanol–water partition coefficient (Wildman–Crippen LogP) is 1.51. The molecular formula is C12H16N4. The lowest BCUT2D eigenvalue weighted by Crippen LogP contribution is -2.21. The summed E-state index contributed by atoms with van der Waals surface area (Å²) in [6, 6.07) is 6.21. The zero-order valence-corrected chi connectivity index (χ0v) is 9.24. The minimum atomic E-state index is 0.466. The Morgan fingerprint density at radius 3 is 3.06 bits per heavy atom. The number of anilines is 1. The molecule has 0 bridgehead atoms. The van der Waals surface area contributed by atoms with E-state index in [-0.39, 0.29) is 0 Å². The van der Waals surface area contributed by atoms with Crippen LogP contribution in [-0.4, -0.2) is 24.1 Å². The van der Waals surface area contributed by atoms with Gasteiger partial charge in [-0.05, 0) is 44.5 Å². The van der Waals surface area contributed by atoms with Crippen molar-refractivity contribution in [1.29, 1.82) is 5.26 Å². The van der Waals surface area contributed by atoms with Crippen LogP contribution in [0.2, 0.25) is 0 Å². The van der Waals surface area contributed by atoms with Gasteiger partial charge in [-0.15, -0.1) is 0 Å². The van der Waals surface area contributed by atoms with Gasteiger partial charge in [0.25, 0.3) is 0 Å². The van der Waals surface area contributed by atoms with Crippen LogP contribution < -0.4 is 10.6 Å². The SMILES string of the molecule is N#Cc1ccc(NC2CCCNCC2)cn1. The average Bonchev–Trinajstić information content (AvgIpc) is 2.59. The van der Waals surface area contributed by atoms with E-state index >= 15 is 0 Å². The van der Waals surface area contributed by atoms with Crippen LogP contribution in [-0.2, 0) is 0 Å².